The summed E-state index contributed by atoms with van der Waals surface area (Å²) in [5, 5.41) is 4.50. The zero-order chi connectivity index (χ0) is 12.7. The summed E-state index contributed by atoms with van der Waals surface area (Å²) in [4.78, 5) is 8.77. The molecule has 0 saturated heterocycles. The lowest BCUT2D eigenvalue weighted by Crippen LogP contribution is -2.30. The normalized spacial score (nSPS) is 21.1. The number of thiazole rings is 1. The van der Waals surface area contributed by atoms with Crippen molar-refractivity contribution in [3.05, 3.63) is 10.6 Å². The van der Waals surface area contributed by atoms with Gasteiger partial charge in [-0.25, -0.2) is 4.98 Å². The minimum absolute atomic E-state index is 0.644. The van der Waals surface area contributed by atoms with Crippen LogP contribution in [0.5, 0.6) is 0 Å². The first kappa shape index (κ1) is 12.4. The predicted octanol–water partition coefficient (Wildman–Crippen LogP) is 2.97. The third-order valence-electron chi connectivity index (χ3n) is 4.23. The monoisotopic (exact) mass is 265 g/mol. The number of hydrogen-bond acceptors (Lipinski definition) is 4. The van der Waals surface area contributed by atoms with Gasteiger partial charge in [-0.1, -0.05) is 0 Å². The molecule has 2 fully saturated rings. The molecule has 0 spiro atoms. The van der Waals surface area contributed by atoms with Crippen LogP contribution in [0.3, 0.4) is 0 Å². The largest absolute Gasteiger partial charge is 0.348 e. The summed E-state index contributed by atoms with van der Waals surface area (Å²) < 4.78 is 0. The standard InChI is InChI=1S/C14H23N3S/c1-9(10-4-5-10)17(3)14-16-13(11-6-7-11)12(18-14)8-15-2/h9-11,15H,4-8H2,1-3H3. The van der Waals surface area contributed by atoms with Crippen molar-refractivity contribution in [2.45, 2.75) is 51.1 Å². The number of nitrogens with zero attached hydrogens (tertiary/aromatic N) is 2. The molecule has 100 valence electrons. The van der Waals surface area contributed by atoms with Crippen LogP contribution in [0.2, 0.25) is 0 Å². The lowest BCUT2D eigenvalue weighted by Gasteiger charge is -2.23. The number of anilines is 1. The molecular weight excluding hydrogens is 242 g/mol. The van der Waals surface area contributed by atoms with Crippen molar-refractivity contribution in [3.8, 4) is 0 Å². The van der Waals surface area contributed by atoms with E-state index in [1.165, 1.54) is 41.4 Å². The Balaban J connectivity index is 1.80. The van der Waals surface area contributed by atoms with Crippen molar-refractivity contribution >= 4 is 16.5 Å². The Morgan fingerprint density at radius 2 is 2.11 bits per heavy atom. The molecule has 18 heavy (non-hydrogen) atoms. The number of rotatable bonds is 6. The van der Waals surface area contributed by atoms with Gasteiger partial charge in [0, 0.05) is 30.4 Å². The van der Waals surface area contributed by atoms with E-state index in [1.54, 1.807) is 0 Å². The van der Waals surface area contributed by atoms with Crippen molar-refractivity contribution in [1.82, 2.24) is 10.3 Å². The van der Waals surface area contributed by atoms with Gasteiger partial charge >= 0.3 is 0 Å². The minimum atomic E-state index is 0.644. The SMILES string of the molecule is CNCc1sc(N(C)C(C)C2CC2)nc1C1CC1. The lowest BCUT2D eigenvalue weighted by molar-refractivity contribution is 0.607. The van der Waals surface area contributed by atoms with Gasteiger partial charge in [0.05, 0.1) is 5.69 Å². The summed E-state index contributed by atoms with van der Waals surface area (Å²) in [7, 11) is 4.23. The molecule has 2 saturated carbocycles. The first-order valence-electron chi connectivity index (χ1n) is 7.07. The van der Waals surface area contributed by atoms with Gasteiger partial charge in [-0.2, -0.15) is 0 Å². The number of aromatic nitrogens is 1. The molecule has 2 aliphatic carbocycles. The van der Waals surface area contributed by atoms with Crippen LogP contribution in [0, 0.1) is 5.92 Å². The molecule has 1 N–H and O–H groups in total. The Kier molecular flexibility index (Phi) is 3.32. The smallest absolute Gasteiger partial charge is 0.185 e. The first-order chi connectivity index (χ1) is 8.70. The summed E-state index contributed by atoms with van der Waals surface area (Å²) in [5.41, 5.74) is 1.37. The van der Waals surface area contributed by atoms with Crippen molar-refractivity contribution in [2.75, 3.05) is 19.0 Å². The summed E-state index contributed by atoms with van der Waals surface area (Å²) in [6.07, 6.45) is 5.47. The van der Waals surface area contributed by atoms with Crippen LogP contribution in [-0.4, -0.2) is 25.1 Å². The van der Waals surface area contributed by atoms with Crippen LogP contribution in [0.1, 0.15) is 49.1 Å². The molecule has 4 heteroatoms. The molecule has 0 aromatic carbocycles. The molecule has 0 bridgehead atoms. The van der Waals surface area contributed by atoms with E-state index in [-0.39, 0.29) is 0 Å². The summed E-state index contributed by atoms with van der Waals surface area (Å²) in [6.45, 7) is 3.31. The Labute approximate surface area is 114 Å². The van der Waals surface area contributed by atoms with Crippen molar-refractivity contribution < 1.29 is 0 Å². The second-order valence-corrected chi connectivity index (χ2v) is 6.86. The van der Waals surface area contributed by atoms with Crippen LogP contribution >= 0.6 is 11.3 Å². The molecule has 1 atom stereocenters. The average Bonchev–Trinajstić information content (AvgIpc) is 3.25. The molecule has 0 amide bonds. The van der Waals surface area contributed by atoms with E-state index in [2.05, 4.69) is 24.2 Å². The Hall–Kier alpha value is -0.610. The third-order valence-corrected chi connectivity index (χ3v) is 5.40. The number of hydrogen-bond donors (Lipinski definition) is 1. The fourth-order valence-corrected chi connectivity index (χ4v) is 3.74. The summed E-state index contributed by atoms with van der Waals surface area (Å²) in [6, 6.07) is 0.644. The Bertz CT molecular complexity index is 421. The molecule has 0 aliphatic heterocycles. The maximum Gasteiger partial charge on any atom is 0.185 e. The van der Waals surface area contributed by atoms with Gasteiger partial charge in [0.1, 0.15) is 0 Å². The highest BCUT2D eigenvalue weighted by molar-refractivity contribution is 7.15. The van der Waals surface area contributed by atoms with E-state index in [9.17, 15) is 0 Å². The van der Waals surface area contributed by atoms with Gasteiger partial charge in [0.25, 0.3) is 0 Å². The van der Waals surface area contributed by atoms with E-state index in [0.29, 0.717) is 6.04 Å². The van der Waals surface area contributed by atoms with Crippen molar-refractivity contribution in [1.29, 1.82) is 0 Å². The summed E-state index contributed by atoms with van der Waals surface area (Å²) >= 11 is 1.89. The topological polar surface area (TPSA) is 28.2 Å². The molecule has 3 rings (SSSR count). The van der Waals surface area contributed by atoms with Crippen LogP contribution in [-0.2, 0) is 6.54 Å². The summed E-state index contributed by atoms with van der Waals surface area (Å²) in [5.74, 6) is 1.65. The highest BCUT2D eigenvalue weighted by atomic mass is 32.1. The second-order valence-electron chi connectivity index (χ2n) is 5.80. The van der Waals surface area contributed by atoms with Gasteiger partial charge in [-0.15, -0.1) is 11.3 Å². The fraction of sp³-hybridized carbons (Fsp3) is 0.786. The van der Waals surface area contributed by atoms with Crippen LogP contribution < -0.4 is 10.2 Å². The first-order valence-corrected chi connectivity index (χ1v) is 7.89. The van der Waals surface area contributed by atoms with Gasteiger partial charge < -0.3 is 10.2 Å². The highest BCUT2D eigenvalue weighted by Gasteiger charge is 2.34. The Morgan fingerprint density at radius 1 is 1.39 bits per heavy atom. The molecule has 1 aromatic rings. The van der Waals surface area contributed by atoms with Gasteiger partial charge in [0.15, 0.2) is 5.13 Å². The van der Waals surface area contributed by atoms with Crippen molar-refractivity contribution in [2.24, 2.45) is 5.92 Å². The zero-order valence-electron chi connectivity index (χ0n) is 11.6. The van der Waals surface area contributed by atoms with Crippen molar-refractivity contribution in [3.63, 3.8) is 0 Å². The van der Waals surface area contributed by atoms with Gasteiger partial charge in [-0.3, -0.25) is 0 Å². The predicted molar refractivity (Wildman–Crippen MR) is 77.4 cm³/mol. The van der Waals surface area contributed by atoms with Crippen LogP contribution in [0.25, 0.3) is 0 Å². The molecule has 2 aliphatic rings. The maximum absolute atomic E-state index is 4.93. The number of nitrogens with one attached hydrogen (secondary N) is 1. The Morgan fingerprint density at radius 3 is 2.67 bits per heavy atom. The van der Waals surface area contributed by atoms with E-state index in [1.807, 2.05) is 18.4 Å². The van der Waals surface area contributed by atoms with E-state index in [0.717, 1.165) is 18.4 Å². The highest BCUT2D eigenvalue weighted by Crippen LogP contribution is 2.45. The molecule has 0 radical (unpaired) electrons. The fourth-order valence-electron chi connectivity index (χ4n) is 2.53. The molecule has 1 heterocycles. The van der Waals surface area contributed by atoms with Gasteiger partial charge in [0.2, 0.25) is 0 Å². The van der Waals surface area contributed by atoms with Crippen LogP contribution in [0.4, 0.5) is 5.13 Å². The maximum atomic E-state index is 4.93. The van der Waals surface area contributed by atoms with E-state index in [4.69, 9.17) is 4.98 Å². The van der Waals surface area contributed by atoms with Gasteiger partial charge in [-0.05, 0) is 45.6 Å². The third kappa shape index (κ3) is 2.41. The quantitative estimate of drug-likeness (QED) is 0.857. The van der Waals surface area contributed by atoms with Crippen LogP contribution in [0.15, 0.2) is 0 Å². The second kappa shape index (κ2) is 4.82. The molecule has 3 nitrogen and oxygen atoms in total. The van der Waals surface area contributed by atoms with E-state index < -0.39 is 0 Å². The van der Waals surface area contributed by atoms with E-state index >= 15 is 0 Å². The molecular formula is C14H23N3S. The minimum Gasteiger partial charge on any atom is -0.348 e. The molecule has 1 aromatic heterocycles. The molecule has 1 unspecified atom stereocenters. The lowest BCUT2D eigenvalue weighted by atomic mass is 10.2. The zero-order valence-corrected chi connectivity index (χ0v) is 12.4. The average molecular weight is 265 g/mol.